The van der Waals surface area contributed by atoms with Gasteiger partial charge < -0.3 is 0 Å². The van der Waals surface area contributed by atoms with Gasteiger partial charge in [-0.15, -0.1) is 0 Å². The van der Waals surface area contributed by atoms with Crippen molar-refractivity contribution >= 4 is 9.84 Å². The summed E-state index contributed by atoms with van der Waals surface area (Å²) in [4.78, 5) is 0. The van der Waals surface area contributed by atoms with E-state index in [0.29, 0.717) is 6.42 Å². The largest absolute Gasteiger partial charge is 0.229 e. The molecule has 0 saturated heterocycles. The molecule has 1 aromatic rings. The van der Waals surface area contributed by atoms with Crippen molar-refractivity contribution < 1.29 is 8.42 Å². The first-order valence-electron chi connectivity index (χ1n) is 5.96. The van der Waals surface area contributed by atoms with Gasteiger partial charge in [-0.3, -0.25) is 0 Å². The predicted octanol–water partition coefficient (Wildman–Crippen LogP) is 2.96. The zero-order valence-electron chi connectivity index (χ0n) is 11.2. The molecule has 0 aliphatic carbocycles. The Hall–Kier alpha value is -0.830. The van der Waals surface area contributed by atoms with E-state index in [1.54, 1.807) is 0 Å². The quantitative estimate of drug-likeness (QED) is 0.828. The van der Waals surface area contributed by atoms with Gasteiger partial charge in [0.15, 0.2) is 0 Å². The van der Waals surface area contributed by atoms with Crippen molar-refractivity contribution in [1.82, 2.24) is 0 Å². The lowest BCUT2D eigenvalue weighted by molar-refractivity contribution is 0.590. The first kappa shape index (κ1) is 14.2. The van der Waals surface area contributed by atoms with Crippen LogP contribution >= 0.6 is 0 Å². The summed E-state index contributed by atoms with van der Waals surface area (Å²) in [6.07, 6.45) is 2.82. The molecule has 1 rings (SSSR count). The van der Waals surface area contributed by atoms with Crippen LogP contribution in [0.1, 0.15) is 38.3 Å². The van der Waals surface area contributed by atoms with E-state index < -0.39 is 9.84 Å². The Kier molecular flexibility index (Phi) is 4.36. The molecule has 0 unspecified atom stereocenters. The number of hydrogen-bond acceptors (Lipinski definition) is 2. The van der Waals surface area contributed by atoms with Gasteiger partial charge in [0.2, 0.25) is 0 Å². The fourth-order valence-corrected chi connectivity index (χ4v) is 2.38. The van der Waals surface area contributed by atoms with Crippen LogP contribution in [0, 0.1) is 0 Å². The van der Waals surface area contributed by atoms with Gasteiger partial charge in [-0.05, 0) is 29.4 Å². The van der Waals surface area contributed by atoms with E-state index in [1.165, 1.54) is 17.4 Å². The lowest BCUT2D eigenvalue weighted by Crippen LogP contribution is -2.10. The maximum absolute atomic E-state index is 11.0. The van der Waals surface area contributed by atoms with Gasteiger partial charge in [-0.1, -0.05) is 45.0 Å². The van der Waals surface area contributed by atoms with E-state index in [9.17, 15) is 8.42 Å². The van der Waals surface area contributed by atoms with E-state index in [-0.39, 0.29) is 11.2 Å². The highest BCUT2D eigenvalue weighted by atomic mass is 32.2. The molecule has 2 nitrogen and oxygen atoms in total. The summed E-state index contributed by atoms with van der Waals surface area (Å²) in [5.74, 6) is 0.272. The van der Waals surface area contributed by atoms with Crippen molar-refractivity contribution in [3.63, 3.8) is 0 Å². The molecule has 0 radical (unpaired) electrons. The molecule has 0 aliphatic heterocycles. The van der Waals surface area contributed by atoms with Gasteiger partial charge in [-0.2, -0.15) is 0 Å². The molecule has 0 aromatic heterocycles. The van der Waals surface area contributed by atoms with Crippen LogP contribution in [-0.4, -0.2) is 20.4 Å². The Morgan fingerprint density at radius 1 is 1.06 bits per heavy atom. The van der Waals surface area contributed by atoms with Crippen LogP contribution in [0.5, 0.6) is 0 Å². The Balaban J connectivity index is 2.58. The lowest BCUT2D eigenvalue weighted by Gasteiger charge is -2.19. The molecule has 0 amide bonds. The second kappa shape index (κ2) is 5.21. The minimum Gasteiger partial charge on any atom is -0.229 e. The maximum atomic E-state index is 11.0. The number of rotatable bonds is 4. The van der Waals surface area contributed by atoms with Crippen LogP contribution < -0.4 is 0 Å². The van der Waals surface area contributed by atoms with Gasteiger partial charge in [0.1, 0.15) is 9.84 Å². The summed E-state index contributed by atoms with van der Waals surface area (Å²) in [7, 11) is -2.83. The summed E-state index contributed by atoms with van der Waals surface area (Å²) in [6.45, 7) is 6.56. The van der Waals surface area contributed by atoms with E-state index >= 15 is 0 Å². The van der Waals surface area contributed by atoms with E-state index in [0.717, 1.165) is 6.42 Å². The summed E-state index contributed by atoms with van der Waals surface area (Å²) < 4.78 is 22.0. The minimum absolute atomic E-state index is 0.172. The molecule has 96 valence electrons. The Morgan fingerprint density at radius 3 is 2.00 bits per heavy atom. The average molecular weight is 254 g/mol. The smallest absolute Gasteiger partial charge is 0.147 e. The molecular formula is C14H22O2S. The standard InChI is InChI=1S/C14H22O2S/c1-14(2,3)13-9-7-12(8-10-13)6-5-11-17(4,15)16/h7-10H,5-6,11H2,1-4H3. The minimum atomic E-state index is -2.83. The van der Waals surface area contributed by atoms with Crippen molar-refractivity contribution in [3.8, 4) is 0 Å². The van der Waals surface area contributed by atoms with Crippen LogP contribution in [-0.2, 0) is 21.7 Å². The van der Waals surface area contributed by atoms with Crippen LogP contribution in [0.4, 0.5) is 0 Å². The molecule has 0 fully saturated rings. The molecule has 0 saturated carbocycles. The highest BCUT2D eigenvalue weighted by molar-refractivity contribution is 7.90. The topological polar surface area (TPSA) is 34.1 Å². The zero-order chi connectivity index (χ0) is 13.1. The molecule has 0 aliphatic rings. The van der Waals surface area contributed by atoms with Crippen LogP contribution in [0.2, 0.25) is 0 Å². The highest BCUT2D eigenvalue weighted by Gasteiger charge is 2.12. The van der Waals surface area contributed by atoms with Crippen LogP contribution in [0.3, 0.4) is 0 Å². The Labute approximate surface area is 105 Å². The van der Waals surface area contributed by atoms with Crippen molar-refractivity contribution in [3.05, 3.63) is 35.4 Å². The number of benzene rings is 1. The summed E-state index contributed by atoms with van der Waals surface area (Å²) in [6, 6.07) is 8.47. The molecule has 0 heterocycles. The van der Waals surface area contributed by atoms with Gasteiger partial charge >= 0.3 is 0 Å². The molecule has 0 spiro atoms. The SMILES string of the molecule is CC(C)(C)c1ccc(CCCS(C)(=O)=O)cc1. The third-order valence-corrected chi connectivity index (χ3v) is 3.83. The molecule has 0 bridgehead atoms. The molecule has 1 aromatic carbocycles. The van der Waals surface area contributed by atoms with Gasteiger partial charge in [0.25, 0.3) is 0 Å². The zero-order valence-corrected chi connectivity index (χ0v) is 12.0. The van der Waals surface area contributed by atoms with E-state index in [2.05, 4.69) is 45.0 Å². The first-order chi connectivity index (χ1) is 7.68. The summed E-state index contributed by atoms with van der Waals surface area (Å²) in [5, 5.41) is 0. The van der Waals surface area contributed by atoms with Gasteiger partial charge in [0, 0.05) is 6.26 Å². The molecule has 0 N–H and O–H groups in total. The highest BCUT2D eigenvalue weighted by Crippen LogP contribution is 2.22. The summed E-state index contributed by atoms with van der Waals surface area (Å²) >= 11 is 0. The third-order valence-electron chi connectivity index (χ3n) is 2.80. The predicted molar refractivity (Wildman–Crippen MR) is 73.2 cm³/mol. The fraction of sp³-hybridized carbons (Fsp3) is 0.571. The third kappa shape index (κ3) is 5.35. The normalized spacial score (nSPS) is 12.7. The second-order valence-corrected chi connectivity index (χ2v) is 7.94. The van der Waals surface area contributed by atoms with Crippen molar-refractivity contribution in [2.75, 3.05) is 12.0 Å². The lowest BCUT2D eigenvalue weighted by atomic mass is 9.86. The van der Waals surface area contributed by atoms with E-state index in [4.69, 9.17) is 0 Å². The van der Waals surface area contributed by atoms with Gasteiger partial charge in [-0.25, -0.2) is 8.42 Å². The molecular weight excluding hydrogens is 232 g/mol. The Bertz CT molecular complexity index is 450. The summed E-state index contributed by atoms with van der Waals surface area (Å²) in [5.41, 5.74) is 2.69. The van der Waals surface area contributed by atoms with Crippen molar-refractivity contribution in [1.29, 1.82) is 0 Å². The maximum Gasteiger partial charge on any atom is 0.147 e. The van der Waals surface area contributed by atoms with Crippen molar-refractivity contribution in [2.24, 2.45) is 0 Å². The van der Waals surface area contributed by atoms with Crippen LogP contribution in [0.25, 0.3) is 0 Å². The number of aryl methyl sites for hydroxylation is 1. The second-order valence-electron chi connectivity index (χ2n) is 5.68. The fourth-order valence-electron chi connectivity index (χ4n) is 1.71. The van der Waals surface area contributed by atoms with Crippen molar-refractivity contribution in [2.45, 2.75) is 39.0 Å². The average Bonchev–Trinajstić information content (AvgIpc) is 2.15. The van der Waals surface area contributed by atoms with Crippen LogP contribution in [0.15, 0.2) is 24.3 Å². The van der Waals surface area contributed by atoms with Gasteiger partial charge in [0.05, 0.1) is 5.75 Å². The molecule has 0 atom stereocenters. The molecule has 3 heteroatoms. The number of sulfone groups is 1. The number of hydrogen-bond donors (Lipinski definition) is 0. The molecule has 17 heavy (non-hydrogen) atoms. The first-order valence-corrected chi connectivity index (χ1v) is 8.02. The van der Waals surface area contributed by atoms with E-state index in [1.807, 2.05) is 0 Å². The monoisotopic (exact) mass is 254 g/mol. The Morgan fingerprint density at radius 2 is 1.59 bits per heavy atom.